The van der Waals surface area contributed by atoms with Gasteiger partial charge in [-0.25, -0.2) is 5.84 Å². The molecule has 0 fully saturated rings. The molecule has 0 spiro atoms. The molecule has 0 bridgehead atoms. The Bertz CT molecular complexity index is 379. The summed E-state index contributed by atoms with van der Waals surface area (Å²) in [6.45, 7) is 5.90. The highest BCUT2D eigenvalue weighted by Crippen LogP contribution is 2.19. The van der Waals surface area contributed by atoms with Crippen molar-refractivity contribution in [1.29, 1.82) is 0 Å². The molecule has 1 heterocycles. The molecule has 0 aliphatic heterocycles. The quantitative estimate of drug-likeness (QED) is 0.392. The van der Waals surface area contributed by atoms with Gasteiger partial charge in [0.05, 0.1) is 4.88 Å². The van der Waals surface area contributed by atoms with E-state index in [1.807, 2.05) is 11.4 Å². The van der Waals surface area contributed by atoms with Crippen LogP contribution in [0.3, 0.4) is 0 Å². The number of nitrogens with two attached hydrogens (primary N) is 1. The summed E-state index contributed by atoms with van der Waals surface area (Å²) in [5.41, 5.74) is 3.15. The molecule has 1 aromatic rings. The van der Waals surface area contributed by atoms with E-state index in [4.69, 9.17) is 10.9 Å². The number of nitrogens with zero attached hydrogens (tertiary/aromatic N) is 1. The zero-order valence-corrected chi connectivity index (χ0v) is 11.7. The third-order valence-corrected chi connectivity index (χ3v) is 3.75. The summed E-state index contributed by atoms with van der Waals surface area (Å²) in [4.78, 5) is 14.5. The number of nitrogens with one attached hydrogen (secondary N) is 1. The van der Waals surface area contributed by atoms with Gasteiger partial charge in [-0.1, -0.05) is 0 Å². The molecule has 0 aliphatic rings. The van der Waals surface area contributed by atoms with Crippen molar-refractivity contribution in [2.24, 2.45) is 5.84 Å². The fourth-order valence-electron chi connectivity index (χ4n) is 1.74. The molecule has 0 aromatic carbocycles. The van der Waals surface area contributed by atoms with E-state index in [9.17, 15) is 4.79 Å². The van der Waals surface area contributed by atoms with Gasteiger partial charge in [-0.2, -0.15) is 0 Å². The molecule has 1 aromatic heterocycles. The average Bonchev–Trinajstić information content (AvgIpc) is 2.81. The van der Waals surface area contributed by atoms with E-state index < -0.39 is 0 Å². The van der Waals surface area contributed by atoms with E-state index in [1.165, 1.54) is 11.3 Å². The van der Waals surface area contributed by atoms with Gasteiger partial charge in [0.2, 0.25) is 0 Å². The van der Waals surface area contributed by atoms with Crippen LogP contribution < -0.4 is 11.3 Å². The number of hydrazine groups is 1. The number of nitrogen functional groups attached to an aromatic ring is 1. The summed E-state index contributed by atoms with van der Waals surface area (Å²) in [5, 5.41) is 10.8. The van der Waals surface area contributed by atoms with Gasteiger partial charge in [0.25, 0.3) is 5.91 Å². The van der Waals surface area contributed by atoms with E-state index in [-0.39, 0.29) is 12.5 Å². The smallest absolute Gasteiger partial charge is 0.275 e. The van der Waals surface area contributed by atoms with Gasteiger partial charge >= 0.3 is 0 Å². The number of carbonyl (C=O) groups is 1. The molecular weight excluding hydrogens is 250 g/mol. The minimum absolute atomic E-state index is 0.184. The molecule has 0 saturated heterocycles. The first-order valence-corrected chi connectivity index (χ1v) is 6.90. The zero-order valence-electron chi connectivity index (χ0n) is 10.8. The maximum Gasteiger partial charge on any atom is 0.275 e. The van der Waals surface area contributed by atoms with Gasteiger partial charge in [-0.15, -0.1) is 11.3 Å². The average molecular weight is 271 g/mol. The number of amides is 1. The van der Waals surface area contributed by atoms with Crippen molar-refractivity contribution in [2.45, 2.75) is 32.9 Å². The minimum atomic E-state index is -0.245. The van der Waals surface area contributed by atoms with Crippen LogP contribution in [-0.2, 0) is 6.54 Å². The van der Waals surface area contributed by atoms with Gasteiger partial charge in [0.1, 0.15) is 0 Å². The first kappa shape index (κ1) is 15.1. The van der Waals surface area contributed by atoms with Crippen molar-refractivity contribution in [3.05, 3.63) is 21.9 Å². The largest absolute Gasteiger partial charge is 0.396 e. The highest BCUT2D eigenvalue weighted by molar-refractivity contribution is 7.12. The number of rotatable bonds is 7. The molecule has 1 amide bonds. The first-order valence-electron chi connectivity index (χ1n) is 6.02. The van der Waals surface area contributed by atoms with Crippen molar-refractivity contribution < 1.29 is 9.90 Å². The summed E-state index contributed by atoms with van der Waals surface area (Å²) in [6.07, 6.45) is 0.737. The van der Waals surface area contributed by atoms with Crippen molar-refractivity contribution in [1.82, 2.24) is 10.3 Å². The summed E-state index contributed by atoms with van der Waals surface area (Å²) >= 11 is 1.39. The molecule has 18 heavy (non-hydrogen) atoms. The summed E-state index contributed by atoms with van der Waals surface area (Å²) in [6, 6.07) is 2.31. The van der Waals surface area contributed by atoms with Gasteiger partial charge in [-0.3, -0.25) is 15.1 Å². The highest BCUT2D eigenvalue weighted by atomic mass is 32.1. The Kier molecular flexibility index (Phi) is 6.28. The molecule has 0 unspecified atom stereocenters. The van der Waals surface area contributed by atoms with Crippen LogP contribution in [0.5, 0.6) is 0 Å². The number of aliphatic hydroxyl groups is 1. The molecule has 6 heteroatoms. The number of hydrogen-bond acceptors (Lipinski definition) is 5. The van der Waals surface area contributed by atoms with E-state index >= 15 is 0 Å². The van der Waals surface area contributed by atoms with Crippen LogP contribution in [0.25, 0.3) is 0 Å². The molecule has 0 radical (unpaired) electrons. The molecule has 0 saturated carbocycles. The SMILES string of the molecule is CC(C)N(CCCO)Cc1ccsc1C(=O)NN. The number of thiophene rings is 1. The molecule has 1 rings (SSSR count). The van der Waals surface area contributed by atoms with Crippen LogP contribution in [-0.4, -0.2) is 35.1 Å². The van der Waals surface area contributed by atoms with Crippen molar-refractivity contribution in [3.63, 3.8) is 0 Å². The molecular formula is C12H21N3O2S. The summed E-state index contributed by atoms with van der Waals surface area (Å²) in [5.74, 6) is 4.92. The first-order chi connectivity index (χ1) is 8.60. The minimum Gasteiger partial charge on any atom is -0.396 e. The van der Waals surface area contributed by atoms with E-state index in [0.29, 0.717) is 17.5 Å². The van der Waals surface area contributed by atoms with Crippen LogP contribution >= 0.6 is 11.3 Å². The van der Waals surface area contributed by atoms with E-state index in [2.05, 4.69) is 24.2 Å². The lowest BCUT2D eigenvalue weighted by Crippen LogP contribution is -2.34. The number of carbonyl (C=O) groups excluding carboxylic acids is 1. The monoisotopic (exact) mass is 271 g/mol. The van der Waals surface area contributed by atoms with Crippen LogP contribution in [0.15, 0.2) is 11.4 Å². The Labute approximate surface area is 112 Å². The normalized spacial score (nSPS) is 11.2. The van der Waals surface area contributed by atoms with Gasteiger partial charge in [-0.05, 0) is 37.3 Å². The number of aliphatic hydroxyl groups excluding tert-OH is 1. The zero-order chi connectivity index (χ0) is 13.5. The topological polar surface area (TPSA) is 78.6 Å². The van der Waals surface area contributed by atoms with Crippen LogP contribution in [0, 0.1) is 0 Å². The summed E-state index contributed by atoms with van der Waals surface area (Å²) < 4.78 is 0. The molecule has 0 atom stereocenters. The van der Waals surface area contributed by atoms with Crippen molar-refractivity contribution in [3.8, 4) is 0 Å². The lowest BCUT2D eigenvalue weighted by atomic mass is 10.2. The molecule has 4 N–H and O–H groups in total. The van der Waals surface area contributed by atoms with E-state index in [0.717, 1.165) is 18.5 Å². The maximum atomic E-state index is 11.6. The van der Waals surface area contributed by atoms with Gasteiger partial charge < -0.3 is 5.11 Å². The second-order valence-corrected chi connectivity index (χ2v) is 5.31. The van der Waals surface area contributed by atoms with Crippen LogP contribution in [0.4, 0.5) is 0 Å². The summed E-state index contributed by atoms with van der Waals surface area (Å²) in [7, 11) is 0. The second kappa shape index (κ2) is 7.48. The maximum absolute atomic E-state index is 11.6. The predicted octanol–water partition coefficient (Wildman–Crippen LogP) is 0.944. The third kappa shape index (κ3) is 4.06. The van der Waals surface area contributed by atoms with E-state index in [1.54, 1.807) is 0 Å². The Balaban J connectivity index is 2.74. The second-order valence-electron chi connectivity index (χ2n) is 4.39. The lowest BCUT2D eigenvalue weighted by Gasteiger charge is -2.26. The van der Waals surface area contributed by atoms with Crippen molar-refractivity contribution in [2.75, 3.05) is 13.2 Å². The standard InChI is InChI=1S/C12H21N3O2S/c1-9(2)15(5-3-6-16)8-10-4-7-18-11(10)12(17)14-13/h4,7,9,16H,3,5-6,8,13H2,1-2H3,(H,14,17). The molecule has 5 nitrogen and oxygen atoms in total. The van der Waals surface area contributed by atoms with Gasteiger partial charge in [0, 0.05) is 25.7 Å². The lowest BCUT2D eigenvalue weighted by molar-refractivity contribution is 0.0955. The van der Waals surface area contributed by atoms with Crippen molar-refractivity contribution >= 4 is 17.2 Å². The molecule has 0 aliphatic carbocycles. The fraction of sp³-hybridized carbons (Fsp3) is 0.583. The Morgan fingerprint density at radius 1 is 1.61 bits per heavy atom. The highest BCUT2D eigenvalue weighted by Gasteiger charge is 2.16. The Morgan fingerprint density at radius 3 is 2.89 bits per heavy atom. The number of hydrogen-bond donors (Lipinski definition) is 3. The third-order valence-electron chi connectivity index (χ3n) is 2.79. The predicted molar refractivity (Wildman–Crippen MR) is 73.2 cm³/mol. The van der Waals surface area contributed by atoms with Crippen LogP contribution in [0.2, 0.25) is 0 Å². The van der Waals surface area contributed by atoms with Gasteiger partial charge in [0.15, 0.2) is 0 Å². The fourth-order valence-corrected chi connectivity index (χ4v) is 2.56. The molecule has 102 valence electrons. The Hall–Kier alpha value is -0.950. The Morgan fingerprint density at radius 2 is 2.33 bits per heavy atom. The van der Waals surface area contributed by atoms with Crippen LogP contribution in [0.1, 0.15) is 35.5 Å².